The maximum Gasteiger partial charge on any atom is 0.267 e. The van der Waals surface area contributed by atoms with Crippen molar-refractivity contribution < 1.29 is 0 Å². The van der Waals surface area contributed by atoms with Crippen molar-refractivity contribution in [2.24, 2.45) is 0 Å². The van der Waals surface area contributed by atoms with Crippen molar-refractivity contribution in [2.75, 3.05) is 11.9 Å². The van der Waals surface area contributed by atoms with Crippen LogP contribution < -0.4 is 10.5 Å². The van der Waals surface area contributed by atoms with Crippen molar-refractivity contribution in [1.29, 1.82) is 0 Å². The third-order valence-electron chi connectivity index (χ3n) is 3.05. The molecule has 0 aliphatic carbocycles. The molecule has 0 spiro atoms. The predicted molar refractivity (Wildman–Crippen MR) is 80.8 cm³/mol. The van der Waals surface area contributed by atoms with Crippen LogP contribution in [0.5, 0.6) is 0 Å². The number of H-pyrrole nitrogens is 1. The Balaban J connectivity index is 2.39. The van der Waals surface area contributed by atoms with Crippen LogP contribution in [0.3, 0.4) is 0 Å². The lowest BCUT2D eigenvalue weighted by Gasteiger charge is -2.27. The van der Waals surface area contributed by atoms with Gasteiger partial charge in [-0.2, -0.15) is 0 Å². The summed E-state index contributed by atoms with van der Waals surface area (Å²) in [4.78, 5) is 20.2. The second-order valence-electron chi connectivity index (χ2n) is 4.18. The van der Waals surface area contributed by atoms with Crippen molar-refractivity contribution in [3.63, 3.8) is 0 Å². The van der Waals surface area contributed by atoms with Gasteiger partial charge in [0.25, 0.3) is 5.56 Å². The van der Waals surface area contributed by atoms with Crippen molar-refractivity contribution in [1.82, 2.24) is 9.97 Å². The molecule has 0 amide bonds. The molecule has 0 fully saturated rings. The number of hydrogen-bond donors (Lipinski definition) is 1. The molecule has 0 saturated carbocycles. The fraction of sp³-hybridized carbons (Fsp3) is 0.231. The molecular weight excluding hydrogens is 330 g/mol. The monoisotopic (exact) mass is 341 g/mol. The summed E-state index contributed by atoms with van der Waals surface area (Å²) in [5.74, 6) is 0.580. The molecule has 0 aliphatic rings. The lowest BCUT2D eigenvalue weighted by atomic mass is 10.1. The van der Waals surface area contributed by atoms with Gasteiger partial charge in [-0.05, 0) is 34.5 Å². The van der Waals surface area contributed by atoms with Crippen molar-refractivity contribution in [2.45, 2.75) is 13.0 Å². The van der Waals surface area contributed by atoms with Gasteiger partial charge in [-0.3, -0.25) is 4.79 Å². The van der Waals surface area contributed by atoms with E-state index < -0.39 is 0 Å². The molecule has 1 unspecified atom stereocenters. The van der Waals surface area contributed by atoms with E-state index in [0.717, 1.165) is 5.56 Å². The Morgan fingerprint density at radius 1 is 1.42 bits per heavy atom. The van der Waals surface area contributed by atoms with Gasteiger partial charge in [0.05, 0.1) is 12.4 Å². The molecule has 1 heterocycles. The number of rotatable bonds is 3. The fourth-order valence-electron chi connectivity index (χ4n) is 1.83. The smallest absolute Gasteiger partial charge is 0.267 e. The van der Waals surface area contributed by atoms with Gasteiger partial charge in [0.2, 0.25) is 0 Å². The van der Waals surface area contributed by atoms with Crippen LogP contribution in [-0.2, 0) is 0 Å². The van der Waals surface area contributed by atoms with Crippen LogP contribution in [0.15, 0.2) is 39.9 Å². The van der Waals surface area contributed by atoms with Crippen LogP contribution in [0.25, 0.3) is 0 Å². The first kappa shape index (κ1) is 14.1. The van der Waals surface area contributed by atoms with Gasteiger partial charge in [0.15, 0.2) is 5.82 Å². The van der Waals surface area contributed by atoms with E-state index in [2.05, 4.69) is 25.9 Å². The van der Waals surface area contributed by atoms with Crippen LogP contribution in [0.1, 0.15) is 18.5 Å². The van der Waals surface area contributed by atoms with E-state index in [4.69, 9.17) is 11.6 Å². The van der Waals surface area contributed by atoms with E-state index in [1.165, 1.54) is 6.33 Å². The Bertz CT molecular complexity index is 644. The number of nitrogens with one attached hydrogen (secondary N) is 1. The number of benzene rings is 1. The van der Waals surface area contributed by atoms with E-state index in [1.807, 2.05) is 43.1 Å². The minimum atomic E-state index is -0.205. The highest BCUT2D eigenvalue weighted by Crippen LogP contribution is 2.30. The van der Waals surface area contributed by atoms with Gasteiger partial charge >= 0.3 is 0 Å². The molecule has 6 heteroatoms. The number of hydrogen-bond acceptors (Lipinski definition) is 3. The molecule has 2 rings (SSSR count). The summed E-state index contributed by atoms with van der Waals surface area (Å²) in [6.07, 6.45) is 1.39. The van der Waals surface area contributed by atoms with Gasteiger partial charge < -0.3 is 9.88 Å². The predicted octanol–water partition coefficient (Wildman–Crippen LogP) is 3.38. The highest BCUT2D eigenvalue weighted by Gasteiger charge is 2.18. The van der Waals surface area contributed by atoms with Gasteiger partial charge in [0.1, 0.15) is 4.47 Å². The maximum atomic E-state index is 11.6. The van der Waals surface area contributed by atoms with E-state index in [0.29, 0.717) is 15.3 Å². The molecule has 1 atom stereocenters. The van der Waals surface area contributed by atoms with E-state index in [9.17, 15) is 4.79 Å². The van der Waals surface area contributed by atoms with E-state index in [1.54, 1.807) is 0 Å². The molecule has 1 aromatic carbocycles. The average molecular weight is 343 g/mol. The molecule has 0 saturated heterocycles. The topological polar surface area (TPSA) is 49.0 Å². The average Bonchev–Trinajstić information content (AvgIpc) is 2.41. The SMILES string of the molecule is CC(c1ccccc1Cl)N(C)c1nc[nH]c(=O)c1Br. The summed E-state index contributed by atoms with van der Waals surface area (Å²) in [5, 5.41) is 0.697. The Morgan fingerprint density at radius 3 is 2.79 bits per heavy atom. The van der Waals surface area contributed by atoms with Crippen molar-refractivity contribution in [3.05, 3.63) is 56.0 Å². The third kappa shape index (κ3) is 2.82. The van der Waals surface area contributed by atoms with Gasteiger partial charge in [-0.25, -0.2) is 4.98 Å². The van der Waals surface area contributed by atoms with Crippen LogP contribution in [0.4, 0.5) is 5.82 Å². The van der Waals surface area contributed by atoms with Crippen LogP contribution in [-0.4, -0.2) is 17.0 Å². The first-order valence-corrected chi connectivity index (χ1v) is 6.90. The number of aromatic nitrogens is 2. The molecule has 0 bridgehead atoms. The van der Waals surface area contributed by atoms with E-state index >= 15 is 0 Å². The first-order chi connectivity index (χ1) is 9.02. The molecule has 4 nitrogen and oxygen atoms in total. The van der Waals surface area contributed by atoms with E-state index in [-0.39, 0.29) is 11.6 Å². The summed E-state index contributed by atoms with van der Waals surface area (Å²) in [7, 11) is 1.88. The molecule has 100 valence electrons. The molecule has 0 aliphatic heterocycles. The van der Waals surface area contributed by atoms with Crippen LogP contribution in [0.2, 0.25) is 5.02 Å². The second-order valence-corrected chi connectivity index (χ2v) is 5.38. The lowest BCUT2D eigenvalue weighted by molar-refractivity contribution is 0.724. The Labute approximate surface area is 124 Å². The largest absolute Gasteiger partial charge is 0.352 e. The number of aromatic amines is 1. The molecule has 1 aromatic heterocycles. The van der Waals surface area contributed by atoms with Crippen molar-refractivity contribution >= 4 is 33.3 Å². The highest BCUT2D eigenvalue weighted by molar-refractivity contribution is 9.10. The molecule has 0 radical (unpaired) electrons. The summed E-state index contributed by atoms with van der Waals surface area (Å²) < 4.78 is 0.413. The minimum Gasteiger partial charge on any atom is -0.352 e. The van der Waals surface area contributed by atoms with Gasteiger partial charge in [0, 0.05) is 12.1 Å². The maximum absolute atomic E-state index is 11.6. The van der Waals surface area contributed by atoms with Crippen molar-refractivity contribution in [3.8, 4) is 0 Å². The molecule has 2 aromatic rings. The fourth-order valence-corrected chi connectivity index (χ4v) is 2.62. The Morgan fingerprint density at radius 2 is 2.11 bits per heavy atom. The van der Waals surface area contributed by atoms with Crippen LogP contribution in [0, 0.1) is 0 Å². The summed E-state index contributed by atoms with van der Waals surface area (Å²) in [6.45, 7) is 2.01. The summed E-state index contributed by atoms with van der Waals surface area (Å²) in [6, 6.07) is 7.64. The molecule has 1 N–H and O–H groups in total. The number of nitrogens with zero attached hydrogens (tertiary/aromatic N) is 2. The minimum absolute atomic E-state index is 0.000648. The molecule has 19 heavy (non-hydrogen) atoms. The zero-order valence-corrected chi connectivity index (χ0v) is 12.9. The van der Waals surface area contributed by atoms with Crippen LogP contribution >= 0.6 is 27.5 Å². The lowest BCUT2D eigenvalue weighted by Crippen LogP contribution is -2.25. The first-order valence-electron chi connectivity index (χ1n) is 5.72. The Hall–Kier alpha value is -1.33. The third-order valence-corrected chi connectivity index (χ3v) is 4.11. The van der Waals surface area contributed by atoms with Gasteiger partial charge in [-0.15, -0.1) is 0 Å². The zero-order valence-electron chi connectivity index (χ0n) is 10.5. The highest BCUT2D eigenvalue weighted by atomic mass is 79.9. The summed E-state index contributed by atoms with van der Waals surface area (Å²) >= 11 is 9.45. The standard InChI is InChI=1S/C13H13BrClN3O/c1-8(9-5-3-4-6-10(9)15)18(2)12-11(14)13(19)17-7-16-12/h3-8H,1-2H3,(H,16,17,19). The Kier molecular flexibility index (Phi) is 4.27. The normalized spacial score (nSPS) is 12.2. The second kappa shape index (κ2) is 5.75. The number of anilines is 1. The quantitative estimate of drug-likeness (QED) is 0.930. The van der Waals surface area contributed by atoms with Gasteiger partial charge in [-0.1, -0.05) is 29.8 Å². The summed E-state index contributed by atoms with van der Waals surface area (Å²) in [5.41, 5.74) is 0.781. The zero-order chi connectivity index (χ0) is 14.0. The molecular formula is C13H13BrClN3O. The number of halogens is 2.